The van der Waals surface area contributed by atoms with Gasteiger partial charge in [0.25, 0.3) is 5.91 Å². The molecule has 1 aromatic rings. The van der Waals surface area contributed by atoms with Gasteiger partial charge in [0, 0.05) is 17.3 Å². The van der Waals surface area contributed by atoms with Crippen molar-refractivity contribution in [3.63, 3.8) is 0 Å². The Morgan fingerprint density at radius 1 is 0.923 bits per heavy atom. The number of hydrogen-bond donors (Lipinski definition) is 3. The molecule has 0 aromatic heterocycles. The number of nitrogens with one attached hydrogen (secondary N) is 2. The number of rotatable bonds is 4. The lowest BCUT2D eigenvalue weighted by molar-refractivity contribution is -0.122. The molecule has 0 atom stereocenters. The Kier molecular flexibility index (Phi) is 7.47. The summed E-state index contributed by atoms with van der Waals surface area (Å²) < 4.78 is 0. The molecule has 0 spiro atoms. The lowest BCUT2D eigenvalue weighted by Crippen LogP contribution is -2.52. The third-order valence-corrected chi connectivity index (χ3v) is 5.54. The van der Waals surface area contributed by atoms with Crippen LogP contribution >= 0.6 is 12.4 Å². The molecule has 0 radical (unpaired) electrons. The van der Waals surface area contributed by atoms with E-state index in [0.717, 1.165) is 44.9 Å². The first kappa shape index (κ1) is 20.7. The van der Waals surface area contributed by atoms with Crippen LogP contribution in [0.4, 0.5) is 5.69 Å². The van der Waals surface area contributed by atoms with Gasteiger partial charge in [0.2, 0.25) is 5.91 Å². The van der Waals surface area contributed by atoms with E-state index in [-0.39, 0.29) is 24.2 Å². The van der Waals surface area contributed by atoms with E-state index in [1.165, 1.54) is 19.3 Å². The minimum absolute atomic E-state index is 0. The fourth-order valence-corrected chi connectivity index (χ4v) is 3.89. The molecule has 26 heavy (non-hydrogen) atoms. The van der Waals surface area contributed by atoms with Crippen molar-refractivity contribution in [1.82, 2.24) is 5.32 Å². The molecule has 0 heterocycles. The first-order chi connectivity index (χ1) is 12.1. The van der Waals surface area contributed by atoms with E-state index in [1.807, 2.05) is 0 Å². The first-order valence-corrected chi connectivity index (χ1v) is 9.58. The maximum Gasteiger partial charge on any atom is 0.251 e. The lowest BCUT2D eigenvalue weighted by Gasteiger charge is -2.31. The summed E-state index contributed by atoms with van der Waals surface area (Å²) in [6.45, 7) is 0. The molecular weight excluding hydrogens is 350 g/mol. The number of hydrogen-bond acceptors (Lipinski definition) is 3. The average Bonchev–Trinajstić information content (AvgIpc) is 2.64. The predicted octanol–water partition coefficient (Wildman–Crippen LogP) is 3.77. The molecule has 6 heteroatoms. The van der Waals surface area contributed by atoms with Gasteiger partial charge < -0.3 is 16.4 Å². The van der Waals surface area contributed by atoms with E-state index in [0.29, 0.717) is 17.3 Å². The van der Waals surface area contributed by atoms with E-state index < -0.39 is 5.54 Å². The van der Waals surface area contributed by atoms with Gasteiger partial charge in [-0.05, 0) is 49.9 Å². The summed E-state index contributed by atoms with van der Waals surface area (Å²) in [5, 5.41) is 6.01. The Morgan fingerprint density at radius 3 is 2.12 bits per heavy atom. The van der Waals surface area contributed by atoms with Gasteiger partial charge in [-0.1, -0.05) is 38.5 Å². The van der Waals surface area contributed by atoms with Crippen molar-refractivity contribution in [2.75, 3.05) is 5.32 Å². The molecule has 2 aliphatic carbocycles. The Bertz CT molecular complexity index is 606. The van der Waals surface area contributed by atoms with Crippen molar-refractivity contribution in [2.45, 2.75) is 75.8 Å². The highest BCUT2D eigenvalue weighted by Gasteiger charge is 2.35. The molecule has 2 aliphatic rings. The average molecular weight is 380 g/mol. The van der Waals surface area contributed by atoms with Crippen LogP contribution in [0.15, 0.2) is 24.3 Å². The highest BCUT2D eigenvalue weighted by molar-refractivity contribution is 5.99. The third kappa shape index (κ3) is 5.21. The fourth-order valence-electron chi connectivity index (χ4n) is 3.89. The SMILES string of the molecule is Cl.NC1(C(=O)Nc2ccc(C(=O)NC3CCCCC3)cc2)CCCCC1. The summed E-state index contributed by atoms with van der Waals surface area (Å²) in [7, 11) is 0. The summed E-state index contributed by atoms with van der Waals surface area (Å²) in [4.78, 5) is 24.8. The molecule has 0 aliphatic heterocycles. The number of anilines is 1. The van der Waals surface area contributed by atoms with Gasteiger partial charge in [-0.15, -0.1) is 12.4 Å². The van der Waals surface area contributed by atoms with Crippen molar-refractivity contribution in [2.24, 2.45) is 5.73 Å². The minimum Gasteiger partial charge on any atom is -0.349 e. The molecule has 144 valence electrons. The first-order valence-electron chi connectivity index (χ1n) is 9.58. The van der Waals surface area contributed by atoms with Crippen LogP contribution in [0.2, 0.25) is 0 Å². The minimum atomic E-state index is -0.755. The van der Waals surface area contributed by atoms with Crippen LogP contribution < -0.4 is 16.4 Å². The summed E-state index contributed by atoms with van der Waals surface area (Å²) in [6, 6.07) is 7.37. The van der Waals surface area contributed by atoms with Crippen LogP contribution in [0.1, 0.15) is 74.6 Å². The van der Waals surface area contributed by atoms with Gasteiger partial charge >= 0.3 is 0 Å². The molecule has 5 nitrogen and oxygen atoms in total. The van der Waals surface area contributed by atoms with E-state index in [2.05, 4.69) is 10.6 Å². The number of carbonyl (C=O) groups is 2. The number of halogens is 1. The monoisotopic (exact) mass is 379 g/mol. The Morgan fingerprint density at radius 2 is 1.50 bits per heavy atom. The second-order valence-corrected chi connectivity index (χ2v) is 7.56. The maximum absolute atomic E-state index is 12.5. The zero-order chi connectivity index (χ0) is 17.7. The third-order valence-electron chi connectivity index (χ3n) is 5.54. The molecule has 3 rings (SSSR count). The summed E-state index contributed by atoms with van der Waals surface area (Å²) in [5.41, 5.74) is 6.82. The van der Waals surface area contributed by atoms with E-state index >= 15 is 0 Å². The summed E-state index contributed by atoms with van der Waals surface area (Å²) in [6.07, 6.45) is 10.4. The number of nitrogens with two attached hydrogens (primary N) is 1. The Labute approximate surface area is 161 Å². The van der Waals surface area contributed by atoms with Gasteiger partial charge in [0.05, 0.1) is 5.54 Å². The topological polar surface area (TPSA) is 84.2 Å². The standard InChI is InChI=1S/C20H29N3O2.ClH/c21-20(13-5-2-6-14-20)19(25)23-17-11-9-15(10-12-17)18(24)22-16-7-3-1-4-8-16;/h9-12,16H,1-8,13-14,21H2,(H,22,24)(H,23,25);1H. The highest BCUT2D eigenvalue weighted by Crippen LogP contribution is 2.27. The molecule has 2 saturated carbocycles. The van der Waals surface area contributed by atoms with Crippen molar-refractivity contribution in [1.29, 1.82) is 0 Å². The maximum atomic E-state index is 12.5. The molecule has 1 aromatic carbocycles. The molecule has 0 unspecified atom stereocenters. The lowest BCUT2D eigenvalue weighted by atomic mass is 9.82. The van der Waals surface area contributed by atoms with Crippen LogP contribution in [0.25, 0.3) is 0 Å². The Balaban J connectivity index is 0.00000243. The quantitative estimate of drug-likeness (QED) is 0.744. The van der Waals surface area contributed by atoms with Crippen LogP contribution in [0.5, 0.6) is 0 Å². The number of benzene rings is 1. The summed E-state index contributed by atoms with van der Waals surface area (Å²) >= 11 is 0. The van der Waals surface area contributed by atoms with Gasteiger partial charge in [-0.25, -0.2) is 0 Å². The molecule has 4 N–H and O–H groups in total. The molecule has 2 amide bonds. The van der Waals surface area contributed by atoms with Crippen LogP contribution in [0.3, 0.4) is 0 Å². The van der Waals surface area contributed by atoms with Crippen molar-refractivity contribution >= 4 is 29.9 Å². The van der Waals surface area contributed by atoms with Crippen molar-refractivity contribution in [3.8, 4) is 0 Å². The van der Waals surface area contributed by atoms with Crippen molar-refractivity contribution in [3.05, 3.63) is 29.8 Å². The van der Waals surface area contributed by atoms with E-state index in [1.54, 1.807) is 24.3 Å². The molecule has 0 saturated heterocycles. The zero-order valence-corrected chi connectivity index (χ0v) is 16.1. The number of carbonyl (C=O) groups excluding carboxylic acids is 2. The zero-order valence-electron chi connectivity index (χ0n) is 15.3. The van der Waals surface area contributed by atoms with Crippen LogP contribution in [-0.2, 0) is 4.79 Å². The largest absolute Gasteiger partial charge is 0.349 e. The van der Waals surface area contributed by atoms with E-state index in [4.69, 9.17) is 5.73 Å². The smallest absolute Gasteiger partial charge is 0.251 e. The molecule has 0 bridgehead atoms. The highest BCUT2D eigenvalue weighted by atomic mass is 35.5. The second kappa shape index (κ2) is 9.38. The predicted molar refractivity (Wildman–Crippen MR) is 107 cm³/mol. The van der Waals surface area contributed by atoms with Crippen LogP contribution in [0, 0.1) is 0 Å². The van der Waals surface area contributed by atoms with Crippen LogP contribution in [-0.4, -0.2) is 23.4 Å². The second-order valence-electron chi connectivity index (χ2n) is 7.56. The number of amides is 2. The fraction of sp³-hybridized carbons (Fsp3) is 0.600. The molecular formula is C20H30ClN3O2. The van der Waals surface area contributed by atoms with E-state index in [9.17, 15) is 9.59 Å². The van der Waals surface area contributed by atoms with Gasteiger partial charge in [-0.2, -0.15) is 0 Å². The normalized spacial score (nSPS) is 19.9. The van der Waals surface area contributed by atoms with Crippen molar-refractivity contribution < 1.29 is 9.59 Å². The van der Waals surface area contributed by atoms with Gasteiger partial charge in [0.15, 0.2) is 0 Å². The Hall–Kier alpha value is -1.59. The summed E-state index contributed by atoms with van der Waals surface area (Å²) in [5.74, 6) is -0.154. The van der Waals surface area contributed by atoms with Gasteiger partial charge in [-0.3, -0.25) is 9.59 Å². The molecule has 2 fully saturated rings. The van der Waals surface area contributed by atoms with Gasteiger partial charge in [0.1, 0.15) is 0 Å².